The Morgan fingerprint density at radius 3 is 2.71 bits per heavy atom. The average molecular weight is 193 g/mol. The number of aromatic nitrogens is 2. The van der Waals surface area contributed by atoms with Gasteiger partial charge in [0.2, 0.25) is 0 Å². The van der Waals surface area contributed by atoms with Gasteiger partial charge in [-0.1, -0.05) is 0 Å². The second kappa shape index (κ2) is 3.12. The third-order valence-corrected chi connectivity index (χ3v) is 2.74. The van der Waals surface area contributed by atoms with Crippen LogP contribution in [-0.4, -0.2) is 33.7 Å². The zero-order valence-electron chi connectivity index (χ0n) is 8.82. The van der Waals surface area contributed by atoms with Crippen LogP contribution in [0.1, 0.15) is 28.9 Å². The molecule has 4 heteroatoms. The molecule has 1 fully saturated rings. The highest BCUT2D eigenvalue weighted by molar-refractivity contribution is 5.94. The van der Waals surface area contributed by atoms with Gasteiger partial charge in [0.25, 0.3) is 5.91 Å². The van der Waals surface area contributed by atoms with E-state index in [4.69, 9.17) is 0 Å². The number of hydrogen-bond acceptors (Lipinski definition) is 2. The third-order valence-electron chi connectivity index (χ3n) is 2.74. The first kappa shape index (κ1) is 9.24. The summed E-state index contributed by atoms with van der Waals surface area (Å²) in [6.45, 7) is 1.92. The summed E-state index contributed by atoms with van der Waals surface area (Å²) in [5, 5.41) is 4.07. The van der Waals surface area contributed by atoms with Crippen LogP contribution in [0.5, 0.6) is 0 Å². The van der Waals surface area contributed by atoms with Gasteiger partial charge < -0.3 is 4.90 Å². The molecule has 1 aromatic rings. The summed E-state index contributed by atoms with van der Waals surface area (Å²) in [7, 11) is 3.67. The minimum Gasteiger partial charge on any atom is -0.337 e. The van der Waals surface area contributed by atoms with Crippen LogP contribution in [0.4, 0.5) is 0 Å². The van der Waals surface area contributed by atoms with Crippen molar-refractivity contribution in [2.45, 2.75) is 25.8 Å². The van der Waals surface area contributed by atoms with Gasteiger partial charge in [-0.25, -0.2) is 0 Å². The molecule has 1 aromatic heterocycles. The van der Waals surface area contributed by atoms with E-state index in [0.29, 0.717) is 11.7 Å². The van der Waals surface area contributed by atoms with Crippen molar-refractivity contribution in [3.8, 4) is 0 Å². The Kier molecular flexibility index (Phi) is 2.06. The van der Waals surface area contributed by atoms with Gasteiger partial charge in [0.05, 0.1) is 6.20 Å². The van der Waals surface area contributed by atoms with Crippen molar-refractivity contribution in [2.24, 2.45) is 7.05 Å². The van der Waals surface area contributed by atoms with Crippen molar-refractivity contribution in [1.29, 1.82) is 0 Å². The van der Waals surface area contributed by atoms with Crippen LogP contribution in [0.15, 0.2) is 6.20 Å². The third kappa shape index (κ3) is 1.41. The molecule has 0 radical (unpaired) electrons. The number of amides is 1. The molecule has 2 rings (SSSR count). The molecule has 0 saturated heterocycles. The predicted molar refractivity (Wildman–Crippen MR) is 53.1 cm³/mol. The molecule has 0 aliphatic heterocycles. The minimum absolute atomic E-state index is 0.0880. The quantitative estimate of drug-likeness (QED) is 0.701. The molecule has 0 unspecified atom stereocenters. The fraction of sp³-hybridized carbons (Fsp3) is 0.600. The normalized spacial score (nSPS) is 15.6. The number of carbonyl (C=O) groups excluding carboxylic acids is 1. The lowest BCUT2D eigenvalue weighted by Crippen LogP contribution is -2.30. The highest BCUT2D eigenvalue weighted by atomic mass is 16.2. The van der Waals surface area contributed by atoms with Gasteiger partial charge in [-0.2, -0.15) is 5.10 Å². The Hall–Kier alpha value is -1.32. The van der Waals surface area contributed by atoms with Crippen molar-refractivity contribution in [3.05, 3.63) is 17.5 Å². The SMILES string of the molecule is Cc1cnn(C)c1C(=O)N(C)C1CC1. The number of carbonyl (C=O) groups is 1. The molecule has 14 heavy (non-hydrogen) atoms. The molecule has 0 atom stereocenters. The lowest BCUT2D eigenvalue weighted by molar-refractivity contribution is 0.0773. The molecular formula is C10H15N3O. The van der Waals surface area contributed by atoms with E-state index in [1.54, 1.807) is 17.9 Å². The molecule has 1 aliphatic rings. The van der Waals surface area contributed by atoms with Crippen LogP contribution in [0, 0.1) is 6.92 Å². The summed E-state index contributed by atoms with van der Waals surface area (Å²) < 4.78 is 1.65. The van der Waals surface area contributed by atoms with E-state index >= 15 is 0 Å². The second-order valence-corrected chi connectivity index (χ2v) is 3.95. The first-order chi connectivity index (χ1) is 6.61. The summed E-state index contributed by atoms with van der Waals surface area (Å²) in [4.78, 5) is 13.8. The second-order valence-electron chi connectivity index (χ2n) is 3.95. The zero-order valence-corrected chi connectivity index (χ0v) is 8.82. The van der Waals surface area contributed by atoms with Gasteiger partial charge in [0.1, 0.15) is 5.69 Å². The fourth-order valence-corrected chi connectivity index (χ4v) is 1.65. The number of nitrogens with zero attached hydrogens (tertiary/aromatic N) is 3. The van der Waals surface area contributed by atoms with E-state index in [2.05, 4.69) is 5.10 Å². The molecule has 1 saturated carbocycles. The Labute approximate surface area is 83.5 Å². The zero-order chi connectivity index (χ0) is 10.3. The Bertz CT molecular complexity index is 346. The average Bonchev–Trinajstić information content (AvgIpc) is 2.92. The van der Waals surface area contributed by atoms with Gasteiger partial charge in [-0.05, 0) is 25.3 Å². The molecule has 1 heterocycles. The molecule has 0 spiro atoms. The molecule has 4 nitrogen and oxygen atoms in total. The van der Waals surface area contributed by atoms with Gasteiger partial charge in [-0.15, -0.1) is 0 Å². The maximum absolute atomic E-state index is 12.0. The van der Waals surface area contributed by atoms with Crippen molar-refractivity contribution < 1.29 is 4.79 Å². The largest absolute Gasteiger partial charge is 0.337 e. The first-order valence-electron chi connectivity index (χ1n) is 4.87. The topological polar surface area (TPSA) is 38.1 Å². The number of rotatable bonds is 2. The van der Waals surface area contributed by atoms with E-state index in [-0.39, 0.29) is 5.91 Å². The summed E-state index contributed by atoms with van der Waals surface area (Å²) in [5.41, 5.74) is 1.66. The number of aryl methyl sites for hydroxylation is 2. The monoisotopic (exact) mass is 193 g/mol. The highest BCUT2D eigenvalue weighted by Gasteiger charge is 2.31. The van der Waals surface area contributed by atoms with Crippen LogP contribution in [0.2, 0.25) is 0 Å². The van der Waals surface area contributed by atoms with E-state index in [9.17, 15) is 4.79 Å². The molecule has 1 aliphatic carbocycles. The van der Waals surface area contributed by atoms with Crippen LogP contribution < -0.4 is 0 Å². The Morgan fingerprint density at radius 1 is 1.64 bits per heavy atom. The number of hydrogen-bond donors (Lipinski definition) is 0. The van der Waals surface area contributed by atoms with E-state index in [1.807, 2.05) is 18.9 Å². The molecule has 0 bridgehead atoms. The maximum Gasteiger partial charge on any atom is 0.272 e. The van der Waals surface area contributed by atoms with Gasteiger partial charge in [-0.3, -0.25) is 9.48 Å². The summed E-state index contributed by atoms with van der Waals surface area (Å²) in [6.07, 6.45) is 4.01. The van der Waals surface area contributed by atoms with E-state index in [1.165, 1.54) is 0 Å². The van der Waals surface area contributed by atoms with Crippen LogP contribution in [-0.2, 0) is 7.05 Å². The summed E-state index contributed by atoms with van der Waals surface area (Å²) in [5.74, 6) is 0.0880. The van der Waals surface area contributed by atoms with Crippen molar-refractivity contribution in [1.82, 2.24) is 14.7 Å². The highest BCUT2D eigenvalue weighted by Crippen LogP contribution is 2.26. The Balaban J connectivity index is 2.25. The summed E-state index contributed by atoms with van der Waals surface area (Å²) in [6, 6.07) is 0.455. The van der Waals surface area contributed by atoms with Crippen molar-refractivity contribution >= 4 is 5.91 Å². The maximum atomic E-state index is 12.0. The van der Waals surface area contributed by atoms with Crippen molar-refractivity contribution in [3.63, 3.8) is 0 Å². The lowest BCUT2D eigenvalue weighted by atomic mass is 10.2. The smallest absolute Gasteiger partial charge is 0.272 e. The van der Waals surface area contributed by atoms with Crippen LogP contribution in [0.25, 0.3) is 0 Å². The van der Waals surface area contributed by atoms with Crippen molar-refractivity contribution in [2.75, 3.05) is 7.05 Å². The standard InChI is InChI=1S/C10H15N3O/c1-7-6-11-13(3)9(7)10(14)12(2)8-4-5-8/h6,8H,4-5H2,1-3H3. The summed E-state index contributed by atoms with van der Waals surface area (Å²) >= 11 is 0. The van der Waals surface area contributed by atoms with Crippen LogP contribution >= 0.6 is 0 Å². The van der Waals surface area contributed by atoms with Crippen LogP contribution in [0.3, 0.4) is 0 Å². The van der Waals surface area contributed by atoms with E-state index in [0.717, 1.165) is 18.4 Å². The van der Waals surface area contributed by atoms with E-state index < -0.39 is 0 Å². The van der Waals surface area contributed by atoms with Gasteiger partial charge in [0, 0.05) is 20.1 Å². The molecule has 0 aromatic carbocycles. The first-order valence-corrected chi connectivity index (χ1v) is 4.87. The van der Waals surface area contributed by atoms with Gasteiger partial charge in [0.15, 0.2) is 0 Å². The fourth-order valence-electron chi connectivity index (χ4n) is 1.65. The molecule has 0 N–H and O–H groups in total. The predicted octanol–water partition coefficient (Wildman–Crippen LogP) is 0.963. The molecule has 1 amide bonds. The lowest BCUT2D eigenvalue weighted by Gasteiger charge is -2.16. The molecular weight excluding hydrogens is 178 g/mol. The minimum atomic E-state index is 0.0880. The molecule has 76 valence electrons. The van der Waals surface area contributed by atoms with Gasteiger partial charge >= 0.3 is 0 Å². The Morgan fingerprint density at radius 2 is 2.29 bits per heavy atom.